The molecule has 1 saturated heterocycles. The fourth-order valence-electron chi connectivity index (χ4n) is 10.7. The number of carbonyl (C=O) groups is 1. The molecule has 1 aromatic heterocycles. The van der Waals surface area contributed by atoms with E-state index in [2.05, 4.69) is 66.6 Å². The van der Waals surface area contributed by atoms with Crippen LogP contribution in [0.1, 0.15) is 97.6 Å². The van der Waals surface area contributed by atoms with Gasteiger partial charge in [-0.15, -0.1) is 0 Å². The molecule has 4 saturated carbocycles. The van der Waals surface area contributed by atoms with Crippen molar-refractivity contribution in [2.75, 3.05) is 19.7 Å². The highest BCUT2D eigenvalue weighted by Crippen LogP contribution is 2.55. The van der Waals surface area contributed by atoms with Crippen LogP contribution in [0.4, 0.5) is 0 Å². The second kappa shape index (κ2) is 17.7. The van der Waals surface area contributed by atoms with Crippen molar-refractivity contribution in [2.45, 2.75) is 109 Å². The minimum absolute atomic E-state index is 0.168. The summed E-state index contributed by atoms with van der Waals surface area (Å²) in [6, 6.07) is 19.5. The summed E-state index contributed by atoms with van der Waals surface area (Å²) in [5.74, 6) is 3.94. The smallest absolute Gasteiger partial charge is 0.320 e. The van der Waals surface area contributed by atoms with Crippen molar-refractivity contribution in [1.29, 1.82) is 5.26 Å². The van der Waals surface area contributed by atoms with Gasteiger partial charge in [-0.2, -0.15) is 5.26 Å². The zero-order valence-electron chi connectivity index (χ0n) is 33.8. The molecule has 1 unspecified atom stereocenters. The summed E-state index contributed by atoms with van der Waals surface area (Å²) >= 11 is 6.90. The van der Waals surface area contributed by atoms with Crippen molar-refractivity contribution in [3.63, 3.8) is 0 Å². The summed E-state index contributed by atoms with van der Waals surface area (Å²) in [6.45, 7) is 7.43. The van der Waals surface area contributed by atoms with Gasteiger partial charge in [-0.3, -0.25) is 14.7 Å². The molecule has 0 amide bonds. The maximum absolute atomic E-state index is 12.1. The van der Waals surface area contributed by atoms with Crippen LogP contribution in [0, 0.1) is 42.9 Å². The average molecular weight is 803 g/mol. The number of hydrogen-bond donors (Lipinski definition) is 2. The third kappa shape index (κ3) is 9.00. The van der Waals surface area contributed by atoms with Gasteiger partial charge in [0, 0.05) is 41.7 Å². The maximum atomic E-state index is 12.1. The summed E-state index contributed by atoms with van der Waals surface area (Å²) in [5.41, 5.74) is 7.85. The standard InChI is InChI=1S/C48H55ClN4O5/c1-31-38(8-5-9-40(31)41-10-6-12-44(32(41)2)56-15-7-13-52-48-22-33-16-34(23-48)18-35(17-33)24-48)30-58-46-21-45(57-29-37-19-36(25-50)26-51-27-37)39(20-42(46)49)28-53-14-4-3-11-43(53)47(54)55/h5-6,8-10,12,19-21,26-27,33-35,43,52H,3-4,7,11,13-18,22-24,28-30H2,1-2H3,(H,54,55). The summed E-state index contributed by atoms with van der Waals surface area (Å²) in [5, 5.41) is 23.7. The Balaban J connectivity index is 0.939. The van der Waals surface area contributed by atoms with Crippen molar-refractivity contribution in [3.8, 4) is 34.4 Å². The van der Waals surface area contributed by atoms with Crippen LogP contribution in [0.3, 0.4) is 0 Å². The third-order valence-corrected chi connectivity index (χ3v) is 13.5. The number of nitriles is 1. The van der Waals surface area contributed by atoms with E-state index in [1.54, 1.807) is 18.3 Å². The van der Waals surface area contributed by atoms with E-state index >= 15 is 0 Å². The topological polar surface area (TPSA) is 117 Å². The highest BCUT2D eigenvalue weighted by Gasteiger charge is 2.50. The number of halogens is 1. The normalized spacial score (nSPS) is 23.7. The zero-order valence-corrected chi connectivity index (χ0v) is 34.5. The van der Waals surface area contributed by atoms with Crippen molar-refractivity contribution in [2.24, 2.45) is 17.8 Å². The minimum atomic E-state index is -0.824. The Morgan fingerprint density at radius 2 is 1.62 bits per heavy atom. The lowest BCUT2D eigenvalue weighted by atomic mass is 9.53. The van der Waals surface area contributed by atoms with Gasteiger partial charge in [0.1, 0.15) is 42.6 Å². The van der Waals surface area contributed by atoms with Crippen LogP contribution in [0.2, 0.25) is 5.02 Å². The van der Waals surface area contributed by atoms with Crippen LogP contribution in [0.5, 0.6) is 17.2 Å². The monoisotopic (exact) mass is 802 g/mol. The Bertz CT molecular complexity index is 2130. The molecule has 5 aliphatic rings. The van der Waals surface area contributed by atoms with E-state index in [-0.39, 0.29) is 13.2 Å². The van der Waals surface area contributed by atoms with E-state index in [1.165, 1.54) is 44.7 Å². The Kier molecular flexibility index (Phi) is 12.3. The van der Waals surface area contributed by atoms with Crippen molar-refractivity contribution < 1.29 is 24.1 Å². The molecule has 4 bridgehead atoms. The van der Waals surface area contributed by atoms with Crippen LogP contribution in [0.15, 0.2) is 67.0 Å². The first-order chi connectivity index (χ1) is 28.2. The molecule has 10 heteroatoms. The fourth-order valence-corrected chi connectivity index (χ4v) is 10.9. The number of carboxylic acids is 1. The van der Waals surface area contributed by atoms with Gasteiger partial charge in [-0.1, -0.05) is 48.4 Å². The van der Waals surface area contributed by atoms with Crippen molar-refractivity contribution >= 4 is 17.6 Å². The molecule has 0 spiro atoms. The number of piperidine rings is 1. The van der Waals surface area contributed by atoms with Crippen LogP contribution in [0.25, 0.3) is 11.1 Å². The summed E-state index contributed by atoms with van der Waals surface area (Å²) in [6.07, 6.45) is 15.1. The molecular formula is C48H55ClN4O5. The minimum Gasteiger partial charge on any atom is -0.493 e. The van der Waals surface area contributed by atoms with Crippen LogP contribution < -0.4 is 19.5 Å². The first kappa shape index (κ1) is 40.2. The number of ether oxygens (including phenoxy) is 3. The first-order valence-electron chi connectivity index (χ1n) is 21.1. The Hall–Kier alpha value is -4.62. The van der Waals surface area contributed by atoms with E-state index in [4.69, 9.17) is 25.8 Å². The Morgan fingerprint density at radius 1 is 0.897 bits per heavy atom. The van der Waals surface area contributed by atoms with E-state index in [0.717, 1.165) is 88.3 Å². The Labute approximate surface area is 347 Å². The molecule has 58 heavy (non-hydrogen) atoms. The van der Waals surface area contributed by atoms with Gasteiger partial charge in [0.05, 0.1) is 17.2 Å². The average Bonchev–Trinajstić information content (AvgIpc) is 3.21. The number of aromatic nitrogens is 1. The molecule has 1 atom stereocenters. The number of pyridine rings is 1. The molecule has 5 fully saturated rings. The molecule has 4 aromatic rings. The number of aliphatic carboxylic acids is 1. The molecule has 2 heterocycles. The van der Waals surface area contributed by atoms with Gasteiger partial charge in [0.15, 0.2) is 0 Å². The Morgan fingerprint density at radius 3 is 2.36 bits per heavy atom. The molecule has 9 nitrogen and oxygen atoms in total. The summed E-state index contributed by atoms with van der Waals surface area (Å²) < 4.78 is 19.2. The number of nitrogens with zero attached hydrogens (tertiary/aromatic N) is 3. The number of likely N-dealkylation sites (tertiary alicyclic amines) is 1. The molecule has 4 aliphatic carbocycles. The highest BCUT2D eigenvalue weighted by atomic mass is 35.5. The van der Waals surface area contributed by atoms with Gasteiger partial charge in [0.2, 0.25) is 0 Å². The molecule has 0 radical (unpaired) electrons. The second-order valence-corrected chi connectivity index (χ2v) is 17.7. The first-order valence-corrected chi connectivity index (χ1v) is 21.5. The molecular weight excluding hydrogens is 748 g/mol. The van der Waals surface area contributed by atoms with Gasteiger partial charge in [-0.05, 0) is 148 Å². The highest BCUT2D eigenvalue weighted by molar-refractivity contribution is 6.32. The SMILES string of the molecule is Cc1c(COc2cc(OCc3cncc(C#N)c3)c(CN3CCCCC3C(=O)O)cc2Cl)cccc1-c1cccc(OCCCNC23CC4CC(CC(C4)C2)C3)c1C. The quantitative estimate of drug-likeness (QED) is 0.107. The lowest BCUT2D eigenvalue weighted by molar-refractivity contribution is -0.144. The summed E-state index contributed by atoms with van der Waals surface area (Å²) in [7, 11) is 0. The zero-order chi connectivity index (χ0) is 40.2. The second-order valence-electron chi connectivity index (χ2n) is 17.3. The largest absolute Gasteiger partial charge is 0.493 e. The van der Waals surface area contributed by atoms with Crippen LogP contribution >= 0.6 is 11.6 Å². The lowest BCUT2D eigenvalue weighted by Gasteiger charge is -2.57. The van der Waals surface area contributed by atoms with Crippen molar-refractivity contribution in [3.05, 3.63) is 105 Å². The van der Waals surface area contributed by atoms with Crippen LogP contribution in [-0.4, -0.2) is 52.2 Å². The van der Waals surface area contributed by atoms with Crippen molar-refractivity contribution in [1.82, 2.24) is 15.2 Å². The van der Waals surface area contributed by atoms with E-state index in [9.17, 15) is 15.2 Å². The molecule has 3 aromatic carbocycles. The van der Waals surface area contributed by atoms with Gasteiger partial charge in [-0.25, -0.2) is 0 Å². The third-order valence-electron chi connectivity index (χ3n) is 13.2. The fraction of sp³-hybridized carbons (Fsp3) is 0.479. The maximum Gasteiger partial charge on any atom is 0.320 e. The van der Waals surface area contributed by atoms with Gasteiger partial charge < -0.3 is 24.6 Å². The molecule has 9 rings (SSSR count). The number of hydrogen-bond acceptors (Lipinski definition) is 8. The lowest BCUT2D eigenvalue weighted by Crippen LogP contribution is -2.58. The van der Waals surface area contributed by atoms with Gasteiger partial charge >= 0.3 is 5.97 Å². The predicted molar refractivity (Wildman–Crippen MR) is 225 cm³/mol. The molecule has 304 valence electrons. The summed E-state index contributed by atoms with van der Waals surface area (Å²) in [4.78, 5) is 18.3. The number of rotatable bonds is 16. The van der Waals surface area contributed by atoms with E-state index in [0.29, 0.717) is 53.7 Å². The van der Waals surface area contributed by atoms with E-state index < -0.39 is 12.0 Å². The molecule has 2 N–H and O–H groups in total. The number of benzene rings is 3. The predicted octanol–water partition coefficient (Wildman–Crippen LogP) is 9.81. The number of nitrogens with one attached hydrogen (secondary N) is 1. The molecule has 1 aliphatic heterocycles. The number of carboxylic acid groups (broad SMARTS) is 1. The van der Waals surface area contributed by atoms with Crippen LogP contribution in [-0.2, 0) is 24.6 Å². The van der Waals surface area contributed by atoms with Gasteiger partial charge in [0.25, 0.3) is 0 Å². The van der Waals surface area contributed by atoms with E-state index in [1.807, 2.05) is 11.0 Å².